The summed E-state index contributed by atoms with van der Waals surface area (Å²) in [4.78, 5) is 23.4. The molecule has 15 heavy (non-hydrogen) atoms. The van der Waals surface area contributed by atoms with Crippen molar-refractivity contribution >= 4 is 11.9 Å². The van der Waals surface area contributed by atoms with Crippen LogP contribution in [-0.2, 0) is 4.79 Å². The van der Waals surface area contributed by atoms with E-state index < -0.39 is 11.9 Å². The number of pyridine rings is 1. The number of nitrogens with zero attached hydrogens (tertiary/aromatic N) is 1. The summed E-state index contributed by atoms with van der Waals surface area (Å²) in [7, 11) is 0. The molecule has 1 heterocycles. The normalized spacial score (nSPS) is 8.33. The average Bonchev–Trinajstić information content (AvgIpc) is 2.20. The Bertz CT molecular complexity index is 347. The van der Waals surface area contributed by atoms with Gasteiger partial charge < -0.3 is 10.2 Å². The number of hydrogen-bond acceptors (Lipinski definition) is 3. The minimum atomic E-state index is -0.942. The molecule has 0 atom stereocenters. The number of carboxylic acids is 2. The molecule has 2 N–H and O–H groups in total. The maximum Gasteiger partial charge on any atom is 0.337 e. The van der Waals surface area contributed by atoms with Gasteiger partial charge in [-0.05, 0) is 19.1 Å². The van der Waals surface area contributed by atoms with E-state index in [0.717, 1.165) is 0 Å². The van der Waals surface area contributed by atoms with Gasteiger partial charge in [-0.25, -0.2) is 9.59 Å². The van der Waals surface area contributed by atoms with Crippen molar-refractivity contribution in [3.63, 3.8) is 0 Å². The summed E-state index contributed by atoms with van der Waals surface area (Å²) in [6.07, 6.45) is 2.84. The van der Waals surface area contributed by atoms with Crippen LogP contribution in [-0.4, -0.2) is 27.1 Å². The standard InChI is InChI=1S/C6H5NO2.C4H6O2/c8-6(9)5-2-1-3-7-4-5;1-3(2)4(5)6/h1-4H,(H,8,9);1H2,2H3,(H,5,6). The number of carbonyl (C=O) groups is 2. The molecule has 0 saturated carbocycles. The van der Waals surface area contributed by atoms with Crippen molar-refractivity contribution in [3.05, 3.63) is 42.2 Å². The van der Waals surface area contributed by atoms with Crippen molar-refractivity contribution in [3.8, 4) is 0 Å². The van der Waals surface area contributed by atoms with Crippen LogP contribution in [0.4, 0.5) is 0 Å². The van der Waals surface area contributed by atoms with Crippen LogP contribution in [0.1, 0.15) is 17.3 Å². The van der Waals surface area contributed by atoms with Crippen molar-refractivity contribution in [2.24, 2.45) is 0 Å². The Morgan fingerprint density at radius 2 is 1.93 bits per heavy atom. The van der Waals surface area contributed by atoms with Gasteiger partial charge in [-0.2, -0.15) is 0 Å². The summed E-state index contributed by atoms with van der Waals surface area (Å²) in [6, 6.07) is 3.08. The van der Waals surface area contributed by atoms with Gasteiger partial charge in [-0.15, -0.1) is 0 Å². The third-order valence-electron chi connectivity index (χ3n) is 1.27. The third-order valence-corrected chi connectivity index (χ3v) is 1.27. The van der Waals surface area contributed by atoms with Crippen LogP contribution in [0.2, 0.25) is 0 Å². The minimum Gasteiger partial charge on any atom is -0.478 e. The minimum absolute atomic E-state index is 0.176. The number of rotatable bonds is 2. The highest BCUT2D eigenvalue weighted by Gasteiger charge is 1.97. The van der Waals surface area contributed by atoms with Gasteiger partial charge >= 0.3 is 11.9 Å². The van der Waals surface area contributed by atoms with Gasteiger partial charge in [0.2, 0.25) is 0 Å². The SMILES string of the molecule is C=C(C)C(=O)O.O=C(O)c1cccnc1. The Balaban J connectivity index is 0.000000288. The van der Waals surface area contributed by atoms with Crippen LogP contribution < -0.4 is 0 Å². The quantitative estimate of drug-likeness (QED) is 0.719. The van der Waals surface area contributed by atoms with E-state index in [0.29, 0.717) is 0 Å². The third kappa shape index (κ3) is 5.98. The van der Waals surface area contributed by atoms with Crippen molar-refractivity contribution in [2.45, 2.75) is 6.92 Å². The first kappa shape index (κ1) is 12.8. The van der Waals surface area contributed by atoms with Crippen LogP contribution in [0.5, 0.6) is 0 Å². The van der Waals surface area contributed by atoms with E-state index in [1.807, 2.05) is 0 Å². The number of aromatic nitrogens is 1. The predicted octanol–water partition coefficient (Wildman–Crippen LogP) is 1.43. The second kappa shape index (κ2) is 6.31. The average molecular weight is 209 g/mol. The Morgan fingerprint density at radius 3 is 2.13 bits per heavy atom. The van der Waals surface area contributed by atoms with Crippen LogP contribution >= 0.6 is 0 Å². The lowest BCUT2D eigenvalue weighted by Gasteiger charge is -1.87. The first-order valence-corrected chi connectivity index (χ1v) is 3.97. The largest absolute Gasteiger partial charge is 0.478 e. The molecule has 0 aliphatic heterocycles. The molecule has 5 nitrogen and oxygen atoms in total. The van der Waals surface area contributed by atoms with Crippen molar-refractivity contribution in [1.29, 1.82) is 0 Å². The molecule has 0 bridgehead atoms. The zero-order valence-electron chi connectivity index (χ0n) is 8.17. The molecule has 80 valence electrons. The Kier molecular flexibility index (Phi) is 5.40. The van der Waals surface area contributed by atoms with Gasteiger partial charge in [-0.3, -0.25) is 4.98 Å². The lowest BCUT2D eigenvalue weighted by Crippen LogP contribution is -1.94. The molecule has 1 aromatic heterocycles. The molecule has 5 heteroatoms. The van der Waals surface area contributed by atoms with Gasteiger partial charge in [0, 0.05) is 18.0 Å². The zero-order valence-corrected chi connectivity index (χ0v) is 8.17. The van der Waals surface area contributed by atoms with E-state index in [1.165, 1.54) is 25.4 Å². The summed E-state index contributed by atoms with van der Waals surface area (Å²) < 4.78 is 0. The highest BCUT2D eigenvalue weighted by molar-refractivity contribution is 5.87. The van der Waals surface area contributed by atoms with E-state index in [2.05, 4.69) is 11.6 Å². The smallest absolute Gasteiger partial charge is 0.337 e. The maximum atomic E-state index is 10.2. The summed E-state index contributed by atoms with van der Waals surface area (Å²) in [6.45, 7) is 4.60. The molecule has 0 radical (unpaired) electrons. The molecular weight excluding hydrogens is 198 g/mol. The molecule has 0 unspecified atom stereocenters. The van der Waals surface area contributed by atoms with Crippen molar-refractivity contribution in [2.75, 3.05) is 0 Å². The monoisotopic (exact) mass is 209 g/mol. The van der Waals surface area contributed by atoms with Gasteiger partial charge in [0.05, 0.1) is 5.56 Å². The Morgan fingerprint density at radius 1 is 1.40 bits per heavy atom. The summed E-state index contributed by atoms with van der Waals surface area (Å²) in [5.41, 5.74) is 0.396. The highest BCUT2D eigenvalue weighted by atomic mass is 16.4. The van der Waals surface area contributed by atoms with Gasteiger partial charge in [0.1, 0.15) is 0 Å². The van der Waals surface area contributed by atoms with E-state index in [-0.39, 0.29) is 11.1 Å². The lowest BCUT2D eigenvalue weighted by molar-refractivity contribution is -0.132. The number of aromatic carboxylic acids is 1. The molecular formula is C10H11NO4. The summed E-state index contributed by atoms with van der Waals surface area (Å²) in [5.74, 6) is -1.88. The van der Waals surface area contributed by atoms with Crippen molar-refractivity contribution in [1.82, 2.24) is 4.98 Å². The fraction of sp³-hybridized carbons (Fsp3) is 0.100. The van der Waals surface area contributed by atoms with Gasteiger partial charge in [0.15, 0.2) is 0 Å². The molecule has 0 aromatic carbocycles. The van der Waals surface area contributed by atoms with Crippen LogP contribution in [0.25, 0.3) is 0 Å². The molecule has 1 rings (SSSR count). The Labute approximate surface area is 86.7 Å². The first-order valence-electron chi connectivity index (χ1n) is 3.97. The second-order valence-corrected chi connectivity index (χ2v) is 2.63. The molecule has 0 fully saturated rings. The molecule has 0 aliphatic rings. The first-order chi connectivity index (χ1) is 6.95. The van der Waals surface area contributed by atoms with Gasteiger partial charge in [0.25, 0.3) is 0 Å². The van der Waals surface area contributed by atoms with Crippen LogP contribution in [0, 0.1) is 0 Å². The van der Waals surface area contributed by atoms with Crippen LogP contribution in [0.15, 0.2) is 36.7 Å². The molecule has 0 aliphatic carbocycles. The molecule has 0 saturated heterocycles. The Hall–Kier alpha value is -2.17. The molecule has 0 amide bonds. The van der Waals surface area contributed by atoms with E-state index >= 15 is 0 Å². The van der Waals surface area contributed by atoms with E-state index in [4.69, 9.17) is 10.2 Å². The van der Waals surface area contributed by atoms with Gasteiger partial charge in [-0.1, -0.05) is 6.58 Å². The lowest BCUT2D eigenvalue weighted by atomic mass is 10.3. The topological polar surface area (TPSA) is 87.5 Å². The zero-order chi connectivity index (χ0) is 11.8. The molecule has 1 aromatic rings. The summed E-state index contributed by atoms with van der Waals surface area (Å²) in [5, 5.41) is 16.2. The van der Waals surface area contributed by atoms with E-state index in [9.17, 15) is 9.59 Å². The van der Waals surface area contributed by atoms with Crippen molar-refractivity contribution < 1.29 is 19.8 Å². The number of carboxylic acid groups (broad SMARTS) is 2. The maximum absolute atomic E-state index is 10.2. The number of hydrogen-bond donors (Lipinski definition) is 2. The van der Waals surface area contributed by atoms with Crippen LogP contribution in [0.3, 0.4) is 0 Å². The number of aliphatic carboxylic acids is 1. The second-order valence-electron chi connectivity index (χ2n) is 2.63. The summed E-state index contributed by atoms with van der Waals surface area (Å²) >= 11 is 0. The fourth-order valence-corrected chi connectivity index (χ4v) is 0.489. The molecule has 0 spiro atoms. The highest BCUT2D eigenvalue weighted by Crippen LogP contribution is 1.92. The fourth-order valence-electron chi connectivity index (χ4n) is 0.489. The van der Waals surface area contributed by atoms with E-state index in [1.54, 1.807) is 6.07 Å². The predicted molar refractivity (Wildman–Crippen MR) is 53.6 cm³/mol.